The molecule has 0 spiro atoms. The fraction of sp³-hybridized carbons (Fsp3) is 0.333. The van der Waals surface area contributed by atoms with Crippen LogP contribution in [0.15, 0.2) is 53.8 Å². The van der Waals surface area contributed by atoms with Crippen LogP contribution >= 0.6 is 0 Å². The predicted molar refractivity (Wildman–Crippen MR) is 126 cm³/mol. The van der Waals surface area contributed by atoms with Crippen LogP contribution in [-0.2, 0) is 28.5 Å². The molecular formula is C24H24F5N5O2S. The first kappa shape index (κ1) is 28.3. The molecule has 7 nitrogen and oxygen atoms in total. The normalized spacial score (nSPS) is 16.6. The lowest BCUT2D eigenvalue weighted by atomic mass is 10.1. The van der Waals surface area contributed by atoms with Crippen LogP contribution in [0, 0.1) is 11.6 Å². The fourth-order valence-electron chi connectivity index (χ4n) is 3.60. The molecule has 1 N–H and O–H groups in total. The summed E-state index contributed by atoms with van der Waals surface area (Å²) in [6.45, 7) is 4.32. The third-order valence-electron chi connectivity index (χ3n) is 5.31. The first-order valence-corrected chi connectivity index (χ1v) is 12.5. The van der Waals surface area contributed by atoms with Crippen LogP contribution in [0.3, 0.4) is 0 Å². The second-order valence-electron chi connectivity index (χ2n) is 7.67. The van der Waals surface area contributed by atoms with Gasteiger partial charge in [0.2, 0.25) is 11.7 Å². The Morgan fingerprint density at radius 1 is 1.08 bits per heavy atom. The van der Waals surface area contributed by atoms with Gasteiger partial charge < -0.3 is 5.32 Å². The van der Waals surface area contributed by atoms with Gasteiger partial charge in [-0.05, 0) is 43.2 Å². The van der Waals surface area contributed by atoms with Crippen molar-refractivity contribution in [2.75, 3.05) is 6.54 Å². The average molecular weight is 542 g/mol. The van der Waals surface area contributed by atoms with E-state index in [9.17, 15) is 31.0 Å². The zero-order chi connectivity index (χ0) is 27.2. The first-order valence-electron chi connectivity index (χ1n) is 11.4. The molecule has 0 saturated carbocycles. The zero-order valence-corrected chi connectivity index (χ0v) is 20.7. The van der Waals surface area contributed by atoms with E-state index in [0.29, 0.717) is 24.3 Å². The van der Waals surface area contributed by atoms with Crippen LogP contribution in [0.2, 0.25) is 0 Å². The standard InChI is InChI=1S/C22H18F5N5O2S.C2H6/c23-14-3-5-16(6-4-14)35(34)32-7-1-2-19(32)20(33)29-11-15-8-17(18(24)12-28-15)13-9-30-21(31-10-13)22(25,26)27;1-2/h3-6,8-10,12,19H,1-2,7,11H2,(H,29,33);1-2H3. The van der Waals surface area contributed by atoms with Gasteiger partial charge in [-0.1, -0.05) is 13.8 Å². The number of benzene rings is 1. The molecule has 1 aliphatic rings. The molecule has 2 unspecified atom stereocenters. The topological polar surface area (TPSA) is 88.1 Å². The molecule has 1 saturated heterocycles. The monoisotopic (exact) mass is 541 g/mol. The summed E-state index contributed by atoms with van der Waals surface area (Å²) in [5.41, 5.74) is 0.193. The van der Waals surface area contributed by atoms with E-state index in [1.54, 1.807) is 0 Å². The Bertz CT molecular complexity index is 1240. The van der Waals surface area contributed by atoms with Gasteiger partial charge >= 0.3 is 6.18 Å². The molecule has 1 aromatic carbocycles. The van der Waals surface area contributed by atoms with Crippen molar-refractivity contribution in [3.05, 3.63) is 72.1 Å². The van der Waals surface area contributed by atoms with Gasteiger partial charge in [-0.3, -0.25) is 9.78 Å². The van der Waals surface area contributed by atoms with Gasteiger partial charge in [0, 0.05) is 30.1 Å². The fourth-order valence-corrected chi connectivity index (χ4v) is 4.96. The number of hydrogen-bond acceptors (Lipinski definition) is 5. The molecule has 0 aliphatic carbocycles. The molecular weight excluding hydrogens is 517 g/mol. The Labute approximate surface area is 212 Å². The smallest absolute Gasteiger partial charge is 0.349 e. The number of pyridine rings is 1. The van der Waals surface area contributed by atoms with E-state index in [1.165, 1.54) is 34.6 Å². The zero-order valence-electron chi connectivity index (χ0n) is 19.9. The minimum Gasteiger partial charge on any atom is -0.349 e. The number of carbonyl (C=O) groups excluding carboxylic acids is 1. The van der Waals surface area contributed by atoms with Crippen LogP contribution in [0.4, 0.5) is 22.0 Å². The van der Waals surface area contributed by atoms with Gasteiger partial charge in [-0.25, -0.2) is 27.3 Å². The summed E-state index contributed by atoms with van der Waals surface area (Å²) in [6, 6.07) is 5.77. The molecule has 1 aliphatic heterocycles. The van der Waals surface area contributed by atoms with Gasteiger partial charge in [0.25, 0.3) is 0 Å². The second kappa shape index (κ2) is 12.3. The van der Waals surface area contributed by atoms with Crippen molar-refractivity contribution in [1.82, 2.24) is 24.6 Å². The molecule has 1 fully saturated rings. The Balaban J connectivity index is 0.00000186. The largest absolute Gasteiger partial charge is 0.451 e. The van der Waals surface area contributed by atoms with Gasteiger partial charge in [0.15, 0.2) is 0 Å². The maximum atomic E-state index is 14.3. The minimum atomic E-state index is -4.72. The molecule has 4 rings (SSSR count). The number of aromatic nitrogens is 3. The molecule has 13 heteroatoms. The molecule has 37 heavy (non-hydrogen) atoms. The minimum absolute atomic E-state index is 0.0159. The lowest BCUT2D eigenvalue weighted by Crippen LogP contribution is -2.43. The quantitative estimate of drug-likeness (QED) is 0.459. The predicted octanol–water partition coefficient (Wildman–Crippen LogP) is 4.67. The van der Waals surface area contributed by atoms with Crippen molar-refractivity contribution in [2.45, 2.75) is 50.3 Å². The number of hydrogen-bond donors (Lipinski definition) is 1. The number of nitrogens with one attached hydrogen (secondary N) is 1. The number of nitrogens with zero attached hydrogens (tertiary/aromatic N) is 4. The van der Waals surface area contributed by atoms with E-state index in [-0.39, 0.29) is 23.4 Å². The van der Waals surface area contributed by atoms with Crippen molar-refractivity contribution in [2.24, 2.45) is 0 Å². The summed E-state index contributed by atoms with van der Waals surface area (Å²) in [6.07, 6.45) is -1.02. The molecule has 3 aromatic rings. The number of carbonyl (C=O) groups is 1. The lowest BCUT2D eigenvalue weighted by Gasteiger charge is -2.22. The van der Waals surface area contributed by atoms with Crippen LogP contribution in [0.5, 0.6) is 0 Å². The van der Waals surface area contributed by atoms with Crippen LogP contribution < -0.4 is 5.32 Å². The highest BCUT2D eigenvalue weighted by molar-refractivity contribution is 7.82. The summed E-state index contributed by atoms with van der Waals surface area (Å²) in [4.78, 5) is 23.5. The number of halogens is 5. The summed E-state index contributed by atoms with van der Waals surface area (Å²) in [5, 5.41) is 2.67. The van der Waals surface area contributed by atoms with E-state index in [1.807, 2.05) is 13.8 Å². The SMILES string of the molecule is CC.O=C(NCc1cc(-c2cnc(C(F)(F)F)nc2)c(F)cn1)C1CCCN1S(=O)c1ccc(F)cc1. The van der Waals surface area contributed by atoms with Gasteiger partial charge in [-0.2, -0.15) is 13.2 Å². The third-order valence-corrected chi connectivity index (χ3v) is 6.85. The highest BCUT2D eigenvalue weighted by atomic mass is 32.2. The first-order chi connectivity index (χ1) is 17.6. The maximum absolute atomic E-state index is 14.3. The van der Waals surface area contributed by atoms with Crippen LogP contribution in [-0.4, -0.2) is 42.0 Å². The summed E-state index contributed by atoms with van der Waals surface area (Å²) in [7, 11) is -1.66. The van der Waals surface area contributed by atoms with Gasteiger partial charge in [0.1, 0.15) is 28.7 Å². The Hall–Kier alpha value is -3.32. The molecule has 1 amide bonds. The van der Waals surface area contributed by atoms with Crippen molar-refractivity contribution >= 4 is 16.9 Å². The van der Waals surface area contributed by atoms with Crippen LogP contribution in [0.25, 0.3) is 11.1 Å². The number of alkyl halides is 3. The number of amides is 1. The number of rotatable bonds is 6. The summed E-state index contributed by atoms with van der Waals surface area (Å²) < 4.78 is 79.8. The molecule has 0 bridgehead atoms. The van der Waals surface area contributed by atoms with Gasteiger partial charge in [0.05, 0.1) is 23.3 Å². The van der Waals surface area contributed by atoms with E-state index in [0.717, 1.165) is 18.6 Å². The molecule has 0 radical (unpaired) electrons. The van der Waals surface area contributed by atoms with Crippen molar-refractivity contribution in [3.8, 4) is 11.1 Å². The van der Waals surface area contributed by atoms with E-state index in [2.05, 4.69) is 20.3 Å². The highest BCUT2D eigenvalue weighted by Gasteiger charge is 2.35. The Kier molecular flexibility index (Phi) is 9.38. The van der Waals surface area contributed by atoms with Crippen LogP contribution in [0.1, 0.15) is 38.2 Å². The van der Waals surface area contributed by atoms with Gasteiger partial charge in [-0.15, -0.1) is 0 Å². The van der Waals surface area contributed by atoms with Crippen molar-refractivity contribution < 1.29 is 31.0 Å². The van der Waals surface area contributed by atoms with Crippen molar-refractivity contribution in [1.29, 1.82) is 0 Å². The molecule has 3 heterocycles. The molecule has 198 valence electrons. The average Bonchev–Trinajstić information content (AvgIpc) is 3.39. The van der Waals surface area contributed by atoms with E-state index >= 15 is 0 Å². The van der Waals surface area contributed by atoms with E-state index in [4.69, 9.17) is 0 Å². The molecule has 2 aromatic heterocycles. The lowest BCUT2D eigenvalue weighted by molar-refractivity contribution is -0.145. The summed E-state index contributed by atoms with van der Waals surface area (Å²) in [5.74, 6) is -3.01. The maximum Gasteiger partial charge on any atom is 0.451 e. The Morgan fingerprint density at radius 2 is 1.73 bits per heavy atom. The Morgan fingerprint density at radius 3 is 2.35 bits per heavy atom. The second-order valence-corrected chi connectivity index (χ2v) is 9.11. The summed E-state index contributed by atoms with van der Waals surface area (Å²) >= 11 is 0. The third kappa shape index (κ3) is 6.92. The van der Waals surface area contributed by atoms with Crippen molar-refractivity contribution in [3.63, 3.8) is 0 Å². The molecule has 2 atom stereocenters. The highest BCUT2D eigenvalue weighted by Crippen LogP contribution is 2.28. The van der Waals surface area contributed by atoms with E-state index < -0.39 is 46.6 Å².